The van der Waals surface area contributed by atoms with Gasteiger partial charge in [-0.3, -0.25) is 9.69 Å². The number of carbonyl (C=O) groups is 1. The molecule has 1 aliphatic heterocycles. The molecule has 0 saturated carbocycles. The number of thiocarbonyl (C=S) groups is 1. The first-order chi connectivity index (χ1) is 12.6. The van der Waals surface area contributed by atoms with Gasteiger partial charge in [-0.15, -0.1) is 0 Å². The molecule has 1 fully saturated rings. The maximum absolute atomic E-state index is 12.9. The zero-order valence-corrected chi connectivity index (χ0v) is 16.1. The Balaban J connectivity index is 1.92. The number of rotatable bonds is 5. The quantitative estimate of drug-likeness (QED) is 0.568. The Kier molecular flexibility index (Phi) is 5.49. The number of thioether (sulfide) groups is 1. The molecule has 2 aromatic rings. The van der Waals surface area contributed by atoms with Crippen molar-refractivity contribution in [2.75, 3.05) is 26.2 Å². The molecule has 0 aliphatic carbocycles. The summed E-state index contributed by atoms with van der Waals surface area (Å²) in [4.78, 5) is 14.9. The van der Waals surface area contributed by atoms with Gasteiger partial charge in [0.05, 0.1) is 31.9 Å². The highest BCUT2D eigenvalue weighted by Gasteiger charge is 2.35. The topological polar surface area (TPSA) is 48.0 Å². The molecule has 7 heteroatoms. The maximum Gasteiger partial charge on any atom is 0.270 e. The van der Waals surface area contributed by atoms with Gasteiger partial charge in [0, 0.05) is 6.07 Å². The van der Waals surface area contributed by atoms with Crippen LogP contribution in [0.2, 0.25) is 0 Å². The van der Waals surface area contributed by atoms with Gasteiger partial charge in [-0.25, -0.2) is 0 Å². The van der Waals surface area contributed by atoms with Crippen molar-refractivity contribution >= 4 is 46.0 Å². The van der Waals surface area contributed by atoms with Gasteiger partial charge in [-0.05, 0) is 35.9 Å². The van der Waals surface area contributed by atoms with E-state index in [2.05, 4.69) is 0 Å². The third-order valence-electron chi connectivity index (χ3n) is 3.84. The smallest absolute Gasteiger partial charge is 0.270 e. The largest absolute Gasteiger partial charge is 0.497 e. The van der Waals surface area contributed by atoms with E-state index in [1.165, 1.54) is 16.7 Å². The predicted molar refractivity (Wildman–Crippen MR) is 108 cm³/mol. The number of ether oxygens (including phenoxy) is 3. The molecule has 1 aliphatic rings. The maximum atomic E-state index is 12.9. The summed E-state index contributed by atoms with van der Waals surface area (Å²) in [5.41, 5.74) is 1.49. The fourth-order valence-corrected chi connectivity index (χ4v) is 3.78. The molecule has 0 bridgehead atoms. The molecule has 0 spiro atoms. The van der Waals surface area contributed by atoms with Crippen LogP contribution in [-0.2, 0) is 4.79 Å². The molecule has 0 aromatic heterocycles. The third kappa shape index (κ3) is 3.54. The van der Waals surface area contributed by atoms with Crippen molar-refractivity contribution in [2.45, 2.75) is 0 Å². The molecule has 134 valence electrons. The second kappa shape index (κ2) is 7.80. The Morgan fingerprint density at radius 2 is 1.62 bits per heavy atom. The molecule has 26 heavy (non-hydrogen) atoms. The highest BCUT2D eigenvalue weighted by molar-refractivity contribution is 8.27. The molecular weight excluding hydrogens is 370 g/mol. The summed E-state index contributed by atoms with van der Waals surface area (Å²) in [7, 11) is 4.73. The predicted octanol–water partition coefficient (Wildman–Crippen LogP) is 4.12. The van der Waals surface area contributed by atoms with Gasteiger partial charge in [0.2, 0.25) is 0 Å². The highest BCUT2D eigenvalue weighted by Crippen LogP contribution is 2.41. The Morgan fingerprint density at radius 3 is 2.23 bits per heavy atom. The average Bonchev–Trinajstić information content (AvgIpc) is 2.95. The third-order valence-corrected chi connectivity index (χ3v) is 5.14. The lowest BCUT2D eigenvalue weighted by molar-refractivity contribution is -0.113. The van der Waals surface area contributed by atoms with Crippen LogP contribution >= 0.6 is 24.0 Å². The van der Waals surface area contributed by atoms with Gasteiger partial charge in [-0.2, -0.15) is 0 Å². The number of hydrogen-bond donors (Lipinski definition) is 0. The highest BCUT2D eigenvalue weighted by atomic mass is 32.2. The van der Waals surface area contributed by atoms with Crippen LogP contribution in [0.3, 0.4) is 0 Å². The number of benzene rings is 2. The van der Waals surface area contributed by atoms with Crippen molar-refractivity contribution in [3.05, 3.63) is 52.9 Å². The van der Waals surface area contributed by atoms with Crippen LogP contribution in [0.25, 0.3) is 6.08 Å². The van der Waals surface area contributed by atoms with E-state index in [1.807, 2.05) is 30.3 Å². The van der Waals surface area contributed by atoms with Gasteiger partial charge in [0.15, 0.2) is 4.32 Å². The lowest BCUT2D eigenvalue weighted by Gasteiger charge is -2.18. The molecular formula is C19H17NO4S2. The van der Waals surface area contributed by atoms with Gasteiger partial charge in [0.1, 0.15) is 17.2 Å². The van der Waals surface area contributed by atoms with Crippen molar-refractivity contribution in [3.8, 4) is 17.2 Å². The van der Waals surface area contributed by atoms with E-state index in [0.717, 1.165) is 11.3 Å². The van der Waals surface area contributed by atoms with Crippen molar-refractivity contribution in [1.82, 2.24) is 0 Å². The molecule has 1 saturated heterocycles. The van der Waals surface area contributed by atoms with Gasteiger partial charge in [-0.1, -0.05) is 36.1 Å². The van der Waals surface area contributed by atoms with Crippen LogP contribution in [0.15, 0.2) is 47.4 Å². The van der Waals surface area contributed by atoms with Crippen molar-refractivity contribution in [3.63, 3.8) is 0 Å². The minimum atomic E-state index is -0.181. The van der Waals surface area contributed by atoms with Crippen LogP contribution in [0.1, 0.15) is 5.56 Å². The average molecular weight is 387 g/mol. The van der Waals surface area contributed by atoms with E-state index in [4.69, 9.17) is 26.4 Å². The number of amides is 1. The minimum absolute atomic E-state index is 0.181. The summed E-state index contributed by atoms with van der Waals surface area (Å²) in [5, 5.41) is 0. The lowest BCUT2D eigenvalue weighted by atomic mass is 10.2. The summed E-state index contributed by atoms with van der Waals surface area (Å²) >= 11 is 6.68. The fraction of sp³-hybridized carbons (Fsp3) is 0.158. The normalized spacial score (nSPS) is 15.5. The second-order valence-electron chi connectivity index (χ2n) is 5.33. The molecule has 0 unspecified atom stereocenters. The Hall–Kier alpha value is -2.51. The summed E-state index contributed by atoms with van der Waals surface area (Å²) in [6.45, 7) is 0. The van der Waals surface area contributed by atoms with Gasteiger partial charge >= 0.3 is 0 Å². The SMILES string of the molecule is COc1ccc(/C=C2\SC(=S)N(c3ccc(OC)cc3OC)C2=O)cc1. The summed E-state index contributed by atoms with van der Waals surface area (Å²) in [6, 6.07) is 12.7. The number of carbonyl (C=O) groups excluding carboxylic acids is 1. The van der Waals surface area contributed by atoms with E-state index in [0.29, 0.717) is 26.4 Å². The van der Waals surface area contributed by atoms with Gasteiger partial charge in [0.25, 0.3) is 5.91 Å². The zero-order valence-electron chi connectivity index (χ0n) is 14.5. The van der Waals surface area contributed by atoms with E-state index >= 15 is 0 Å². The molecule has 2 aromatic carbocycles. The molecule has 5 nitrogen and oxygen atoms in total. The summed E-state index contributed by atoms with van der Waals surface area (Å²) in [6.07, 6.45) is 1.81. The zero-order chi connectivity index (χ0) is 18.7. The molecule has 3 rings (SSSR count). The van der Waals surface area contributed by atoms with E-state index < -0.39 is 0 Å². The summed E-state index contributed by atoms with van der Waals surface area (Å²) in [5.74, 6) is 1.74. The first kappa shape index (κ1) is 18.3. The van der Waals surface area contributed by atoms with E-state index in [1.54, 1.807) is 39.5 Å². The first-order valence-electron chi connectivity index (χ1n) is 7.71. The number of anilines is 1. The summed E-state index contributed by atoms with van der Waals surface area (Å²) < 4.78 is 16.2. The van der Waals surface area contributed by atoms with Crippen LogP contribution in [0, 0.1) is 0 Å². The number of methoxy groups -OCH3 is 3. The van der Waals surface area contributed by atoms with Crippen molar-refractivity contribution in [2.24, 2.45) is 0 Å². The van der Waals surface area contributed by atoms with Crippen molar-refractivity contribution < 1.29 is 19.0 Å². The van der Waals surface area contributed by atoms with Gasteiger partial charge < -0.3 is 14.2 Å². The number of hydrogen-bond acceptors (Lipinski definition) is 6. The second-order valence-corrected chi connectivity index (χ2v) is 7.00. The standard InChI is InChI=1S/C19H17NO4S2/c1-22-13-6-4-12(5-7-13)10-17-18(21)20(19(25)26-17)15-9-8-14(23-2)11-16(15)24-3/h4-11H,1-3H3/b17-10-. The van der Waals surface area contributed by atoms with Crippen LogP contribution in [0.5, 0.6) is 17.2 Å². The minimum Gasteiger partial charge on any atom is -0.497 e. The van der Waals surface area contributed by atoms with E-state index in [-0.39, 0.29) is 5.91 Å². The van der Waals surface area contributed by atoms with E-state index in [9.17, 15) is 4.79 Å². The lowest BCUT2D eigenvalue weighted by Crippen LogP contribution is -2.27. The molecule has 0 radical (unpaired) electrons. The van der Waals surface area contributed by atoms with Crippen LogP contribution < -0.4 is 19.1 Å². The Bertz CT molecular complexity index is 878. The molecule has 0 N–H and O–H groups in total. The monoisotopic (exact) mass is 387 g/mol. The van der Waals surface area contributed by atoms with Crippen molar-refractivity contribution in [1.29, 1.82) is 0 Å². The van der Waals surface area contributed by atoms with Crippen LogP contribution in [0.4, 0.5) is 5.69 Å². The fourth-order valence-electron chi connectivity index (χ4n) is 2.50. The first-order valence-corrected chi connectivity index (χ1v) is 8.94. The van der Waals surface area contributed by atoms with Crippen LogP contribution in [-0.4, -0.2) is 31.6 Å². The number of nitrogens with zero attached hydrogens (tertiary/aromatic N) is 1. The Labute approximate surface area is 161 Å². The molecule has 1 heterocycles. The molecule has 0 atom stereocenters. The molecule has 1 amide bonds. The Morgan fingerprint density at radius 1 is 0.962 bits per heavy atom.